The fraction of sp³-hybridized carbons (Fsp3) is 0.900. The van der Waals surface area contributed by atoms with Crippen LogP contribution in [0, 0.1) is 23.7 Å². The predicted molar refractivity (Wildman–Crippen MR) is 51.0 cm³/mol. The molecule has 76 valence electrons. The number of carbonyl (C=O) groups is 1. The third kappa shape index (κ3) is 0.640. The van der Waals surface area contributed by atoms with Gasteiger partial charge in [-0.3, -0.25) is 4.79 Å². The van der Waals surface area contributed by atoms with Crippen molar-refractivity contribution >= 4 is 21.7 Å². The second kappa shape index (κ2) is 2.25. The zero-order valence-electron chi connectivity index (χ0n) is 7.47. The van der Waals surface area contributed by atoms with E-state index in [0.717, 1.165) is 6.42 Å². The van der Waals surface area contributed by atoms with Crippen molar-refractivity contribution in [2.24, 2.45) is 23.7 Å². The molecule has 0 radical (unpaired) electrons. The molecule has 14 heavy (non-hydrogen) atoms. The van der Waals surface area contributed by atoms with Gasteiger partial charge in [0.25, 0.3) is 0 Å². The van der Waals surface area contributed by atoms with E-state index in [9.17, 15) is 9.90 Å². The van der Waals surface area contributed by atoms with E-state index in [-0.39, 0.29) is 46.8 Å². The summed E-state index contributed by atoms with van der Waals surface area (Å²) in [4.78, 5) is 12.0. The first-order valence-electron chi connectivity index (χ1n) is 5.21. The Morgan fingerprint density at radius 2 is 2.21 bits per heavy atom. The molecular formula is C10H11BrO3. The molecule has 3 saturated carbocycles. The SMILES string of the molecule is O=C1C2CC3OC4C2C(Br)C(O)C4C13. The lowest BCUT2D eigenvalue weighted by Crippen LogP contribution is -2.39. The van der Waals surface area contributed by atoms with Crippen LogP contribution in [0.1, 0.15) is 6.42 Å². The lowest BCUT2D eigenvalue weighted by molar-refractivity contribution is -0.130. The second-order valence-electron chi connectivity index (χ2n) is 5.00. The van der Waals surface area contributed by atoms with E-state index >= 15 is 0 Å². The second-order valence-corrected chi connectivity index (χ2v) is 6.06. The number of rotatable bonds is 0. The maximum atomic E-state index is 12.0. The van der Waals surface area contributed by atoms with Crippen LogP contribution in [0.2, 0.25) is 0 Å². The summed E-state index contributed by atoms with van der Waals surface area (Å²) in [6.07, 6.45) is 0.805. The number of hydrogen-bond donors (Lipinski definition) is 1. The Bertz CT molecular complexity index is 321. The van der Waals surface area contributed by atoms with Gasteiger partial charge in [-0.05, 0) is 6.42 Å². The predicted octanol–water partition coefficient (Wildman–Crippen LogP) is 0.343. The molecule has 6 bridgehead atoms. The van der Waals surface area contributed by atoms with Crippen LogP contribution >= 0.6 is 15.9 Å². The number of ketones is 1. The molecule has 5 rings (SSSR count). The first kappa shape index (κ1) is 8.25. The Labute approximate surface area is 89.9 Å². The highest BCUT2D eigenvalue weighted by atomic mass is 79.9. The first-order chi connectivity index (χ1) is 6.70. The Morgan fingerprint density at radius 1 is 1.43 bits per heavy atom. The number of ether oxygens (including phenoxy) is 1. The molecule has 0 aromatic carbocycles. The quantitative estimate of drug-likeness (QED) is 0.638. The standard InChI is InChI=1S/C10H11BrO3/c11-7-4-2-1-3-5(8(2)12)6(9(7)13)10(4)14-3/h2-7,9-10,13H,1H2. The molecule has 0 spiro atoms. The van der Waals surface area contributed by atoms with Gasteiger partial charge in [0.15, 0.2) is 0 Å². The Kier molecular flexibility index (Phi) is 1.33. The van der Waals surface area contributed by atoms with Crippen LogP contribution in [0.15, 0.2) is 0 Å². The average molecular weight is 259 g/mol. The summed E-state index contributed by atoms with van der Waals surface area (Å²) in [5.74, 6) is 0.859. The van der Waals surface area contributed by atoms with Gasteiger partial charge in [-0.25, -0.2) is 0 Å². The summed E-state index contributed by atoms with van der Waals surface area (Å²) < 4.78 is 5.84. The third-order valence-electron chi connectivity index (χ3n) is 4.64. The monoisotopic (exact) mass is 258 g/mol. The number of hydrogen-bond acceptors (Lipinski definition) is 3. The summed E-state index contributed by atoms with van der Waals surface area (Å²) in [5.41, 5.74) is 0. The van der Waals surface area contributed by atoms with Gasteiger partial charge in [-0.2, -0.15) is 0 Å². The van der Waals surface area contributed by atoms with E-state index in [1.165, 1.54) is 0 Å². The van der Waals surface area contributed by atoms with Crippen molar-refractivity contribution in [2.45, 2.75) is 29.6 Å². The van der Waals surface area contributed by atoms with Gasteiger partial charge in [0.2, 0.25) is 0 Å². The Morgan fingerprint density at radius 3 is 3.00 bits per heavy atom. The summed E-state index contributed by atoms with van der Waals surface area (Å²) >= 11 is 3.52. The summed E-state index contributed by atoms with van der Waals surface area (Å²) in [6.45, 7) is 0. The molecule has 5 fully saturated rings. The number of aliphatic hydroxyl groups excluding tert-OH is 1. The van der Waals surface area contributed by atoms with Crippen molar-refractivity contribution in [2.75, 3.05) is 0 Å². The fourth-order valence-corrected chi connectivity index (χ4v) is 5.21. The van der Waals surface area contributed by atoms with Gasteiger partial charge < -0.3 is 9.84 Å². The highest BCUT2D eigenvalue weighted by molar-refractivity contribution is 9.09. The first-order valence-corrected chi connectivity index (χ1v) is 6.13. The molecule has 3 aliphatic carbocycles. The van der Waals surface area contributed by atoms with Crippen LogP contribution in [-0.2, 0) is 9.53 Å². The zero-order valence-corrected chi connectivity index (χ0v) is 9.05. The summed E-state index contributed by atoms with van der Waals surface area (Å²) in [7, 11) is 0. The van der Waals surface area contributed by atoms with Crippen LogP contribution in [0.25, 0.3) is 0 Å². The van der Waals surface area contributed by atoms with Gasteiger partial charge in [0.1, 0.15) is 5.78 Å². The van der Waals surface area contributed by atoms with E-state index < -0.39 is 0 Å². The molecule has 1 N–H and O–H groups in total. The maximum absolute atomic E-state index is 12.0. The van der Waals surface area contributed by atoms with Gasteiger partial charge in [0.05, 0.1) is 24.2 Å². The molecule has 0 amide bonds. The molecule has 0 aromatic heterocycles. The molecule has 2 aliphatic heterocycles. The van der Waals surface area contributed by atoms with Crippen molar-refractivity contribution < 1.29 is 14.6 Å². The van der Waals surface area contributed by atoms with Crippen molar-refractivity contribution in [1.29, 1.82) is 0 Å². The smallest absolute Gasteiger partial charge is 0.142 e. The lowest BCUT2D eigenvalue weighted by Gasteiger charge is -2.32. The van der Waals surface area contributed by atoms with E-state index in [1.54, 1.807) is 0 Å². The van der Waals surface area contributed by atoms with Gasteiger partial charge >= 0.3 is 0 Å². The van der Waals surface area contributed by atoms with Gasteiger partial charge in [-0.15, -0.1) is 0 Å². The third-order valence-corrected chi connectivity index (χ3v) is 5.79. The zero-order chi connectivity index (χ0) is 9.61. The Balaban J connectivity index is 1.91. The number of Topliss-reactive ketones (excluding diaryl/α,β-unsaturated/α-hetero) is 1. The minimum absolute atomic E-state index is 0.0128. The Hall–Kier alpha value is 0.0700. The van der Waals surface area contributed by atoms with Crippen molar-refractivity contribution in [3.63, 3.8) is 0 Å². The molecule has 5 aliphatic rings. The molecular weight excluding hydrogens is 248 g/mol. The summed E-state index contributed by atoms with van der Waals surface area (Å²) in [5, 5.41) is 10.0. The van der Waals surface area contributed by atoms with Crippen LogP contribution in [0.5, 0.6) is 0 Å². The number of halogens is 1. The summed E-state index contributed by atoms with van der Waals surface area (Å²) in [6, 6.07) is 0. The van der Waals surface area contributed by atoms with Crippen LogP contribution in [-0.4, -0.2) is 34.0 Å². The molecule has 2 heterocycles. The van der Waals surface area contributed by atoms with Crippen molar-refractivity contribution in [3.05, 3.63) is 0 Å². The molecule has 0 aromatic rings. The van der Waals surface area contributed by atoms with E-state index in [1.807, 2.05) is 0 Å². The fourth-order valence-electron chi connectivity index (χ4n) is 4.19. The van der Waals surface area contributed by atoms with Crippen molar-refractivity contribution in [3.8, 4) is 0 Å². The minimum Gasteiger partial charge on any atom is -0.392 e. The van der Waals surface area contributed by atoms with Crippen LogP contribution in [0.4, 0.5) is 0 Å². The minimum atomic E-state index is -0.380. The van der Waals surface area contributed by atoms with Gasteiger partial charge in [-0.1, -0.05) is 15.9 Å². The highest BCUT2D eigenvalue weighted by Gasteiger charge is 2.72. The van der Waals surface area contributed by atoms with E-state index in [4.69, 9.17) is 4.74 Å². The van der Waals surface area contributed by atoms with Crippen molar-refractivity contribution in [1.82, 2.24) is 0 Å². The van der Waals surface area contributed by atoms with E-state index in [2.05, 4.69) is 15.9 Å². The molecule has 8 atom stereocenters. The molecule has 8 unspecified atom stereocenters. The molecule has 2 saturated heterocycles. The van der Waals surface area contributed by atoms with Gasteiger partial charge in [0, 0.05) is 22.6 Å². The number of carbonyl (C=O) groups excluding carboxylic acids is 1. The van der Waals surface area contributed by atoms with E-state index in [0.29, 0.717) is 5.78 Å². The highest BCUT2D eigenvalue weighted by Crippen LogP contribution is 2.62. The normalized spacial score (nSPS) is 68.3. The lowest BCUT2D eigenvalue weighted by atomic mass is 9.77. The molecule has 4 heteroatoms. The molecule has 3 nitrogen and oxygen atoms in total. The average Bonchev–Trinajstić information content (AvgIpc) is 2.65. The maximum Gasteiger partial charge on any atom is 0.142 e. The van der Waals surface area contributed by atoms with Crippen LogP contribution < -0.4 is 0 Å². The largest absolute Gasteiger partial charge is 0.392 e. The number of aliphatic hydroxyl groups is 1. The number of alkyl halides is 1. The topological polar surface area (TPSA) is 46.5 Å². The van der Waals surface area contributed by atoms with Crippen LogP contribution in [0.3, 0.4) is 0 Å².